The topological polar surface area (TPSA) is 43.4 Å². The van der Waals surface area contributed by atoms with E-state index in [0.717, 1.165) is 32.0 Å². The lowest BCUT2D eigenvalue weighted by atomic mass is 9.73. The summed E-state index contributed by atoms with van der Waals surface area (Å²) in [4.78, 5) is 22.0. The Kier molecular flexibility index (Phi) is 3.46. The van der Waals surface area contributed by atoms with Gasteiger partial charge in [0.1, 0.15) is 6.29 Å². The number of methoxy groups -OCH3 is 1. The van der Waals surface area contributed by atoms with Crippen LogP contribution in [-0.4, -0.2) is 19.4 Å². The fourth-order valence-corrected chi connectivity index (χ4v) is 1.95. The first kappa shape index (κ1) is 10.2. The third kappa shape index (κ3) is 2.54. The largest absolute Gasteiger partial charge is 0.469 e. The molecule has 1 fully saturated rings. The molecule has 0 heterocycles. The maximum atomic E-state index is 11.1. The van der Waals surface area contributed by atoms with Crippen molar-refractivity contribution in [3.05, 3.63) is 0 Å². The SMILES string of the molecule is COC(=O)CC1(C=O)CCCCC1. The maximum Gasteiger partial charge on any atom is 0.306 e. The summed E-state index contributed by atoms with van der Waals surface area (Å²) in [5.74, 6) is -0.269. The molecule has 0 aromatic heterocycles. The van der Waals surface area contributed by atoms with Gasteiger partial charge in [0.2, 0.25) is 0 Å². The molecule has 0 spiro atoms. The first-order valence-electron chi connectivity index (χ1n) is 4.76. The van der Waals surface area contributed by atoms with Crippen LogP contribution in [0.25, 0.3) is 0 Å². The minimum absolute atomic E-state index is 0.257. The van der Waals surface area contributed by atoms with Crippen molar-refractivity contribution in [2.45, 2.75) is 38.5 Å². The first-order chi connectivity index (χ1) is 6.22. The summed E-state index contributed by atoms with van der Waals surface area (Å²) in [5, 5.41) is 0. The van der Waals surface area contributed by atoms with Crippen LogP contribution in [0.1, 0.15) is 38.5 Å². The first-order valence-corrected chi connectivity index (χ1v) is 4.76. The standard InChI is InChI=1S/C10H16O3/c1-13-9(12)7-10(8-11)5-3-2-4-6-10/h8H,2-7H2,1H3. The fraction of sp³-hybridized carbons (Fsp3) is 0.800. The zero-order valence-electron chi connectivity index (χ0n) is 8.04. The van der Waals surface area contributed by atoms with E-state index in [1.54, 1.807) is 0 Å². The van der Waals surface area contributed by atoms with Crippen molar-refractivity contribution in [2.24, 2.45) is 5.41 Å². The van der Waals surface area contributed by atoms with Crippen LogP contribution in [0.5, 0.6) is 0 Å². The Hall–Kier alpha value is -0.860. The van der Waals surface area contributed by atoms with Gasteiger partial charge in [0.15, 0.2) is 0 Å². The highest BCUT2D eigenvalue weighted by Crippen LogP contribution is 2.37. The molecule has 0 aromatic rings. The highest BCUT2D eigenvalue weighted by molar-refractivity contribution is 5.76. The molecule has 0 N–H and O–H groups in total. The lowest BCUT2D eigenvalue weighted by Crippen LogP contribution is -2.29. The van der Waals surface area contributed by atoms with Crippen molar-refractivity contribution in [3.8, 4) is 0 Å². The number of aldehydes is 1. The smallest absolute Gasteiger partial charge is 0.306 e. The van der Waals surface area contributed by atoms with Crippen molar-refractivity contribution < 1.29 is 14.3 Å². The predicted molar refractivity (Wildman–Crippen MR) is 48.2 cm³/mol. The van der Waals surface area contributed by atoms with Crippen LogP contribution in [0.4, 0.5) is 0 Å². The molecule has 0 bridgehead atoms. The zero-order chi connectivity index (χ0) is 9.73. The van der Waals surface area contributed by atoms with E-state index in [1.807, 2.05) is 0 Å². The van der Waals surface area contributed by atoms with Crippen molar-refractivity contribution in [3.63, 3.8) is 0 Å². The van der Waals surface area contributed by atoms with Crippen molar-refractivity contribution in [2.75, 3.05) is 7.11 Å². The summed E-state index contributed by atoms with van der Waals surface area (Å²) >= 11 is 0. The molecular weight excluding hydrogens is 168 g/mol. The second-order valence-corrected chi connectivity index (χ2v) is 3.79. The van der Waals surface area contributed by atoms with Crippen LogP contribution < -0.4 is 0 Å². The minimum atomic E-state index is -0.411. The molecule has 0 aliphatic heterocycles. The zero-order valence-corrected chi connectivity index (χ0v) is 8.04. The Labute approximate surface area is 78.5 Å². The van der Waals surface area contributed by atoms with Gasteiger partial charge in [-0.1, -0.05) is 19.3 Å². The monoisotopic (exact) mass is 184 g/mol. The molecule has 1 aliphatic carbocycles. The van der Waals surface area contributed by atoms with Crippen molar-refractivity contribution in [1.29, 1.82) is 0 Å². The van der Waals surface area contributed by atoms with Crippen LogP contribution in [0, 0.1) is 5.41 Å². The quantitative estimate of drug-likeness (QED) is 0.495. The number of carbonyl (C=O) groups excluding carboxylic acids is 2. The van der Waals surface area contributed by atoms with Crippen molar-refractivity contribution >= 4 is 12.3 Å². The van der Waals surface area contributed by atoms with Gasteiger partial charge in [0.25, 0.3) is 0 Å². The molecule has 74 valence electrons. The van der Waals surface area contributed by atoms with Crippen LogP contribution in [0.3, 0.4) is 0 Å². The average Bonchev–Trinajstić information content (AvgIpc) is 2.19. The van der Waals surface area contributed by atoms with Gasteiger partial charge in [0, 0.05) is 5.41 Å². The van der Waals surface area contributed by atoms with E-state index in [-0.39, 0.29) is 12.4 Å². The number of hydrogen-bond donors (Lipinski definition) is 0. The van der Waals surface area contributed by atoms with Gasteiger partial charge in [-0.25, -0.2) is 0 Å². The van der Waals surface area contributed by atoms with E-state index in [9.17, 15) is 9.59 Å². The Morgan fingerprint density at radius 2 is 2.00 bits per heavy atom. The summed E-state index contributed by atoms with van der Waals surface area (Å²) in [5.41, 5.74) is -0.411. The molecule has 0 atom stereocenters. The molecule has 0 aromatic carbocycles. The van der Waals surface area contributed by atoms with Crippen molar-refractivity contribution in [1.82, 2.24) is 0 Å². The number of carbonyl (C=O) groups is 2. The van der Waals surface area contributed by atoms with Crippen LogP contribution in [0.15, 0.2) is 0 Å². The molecular formula is C10H16O3. The second kappa shape index (κ2) is 4.40. The summed E-state index contributed by atoms with van der Waals surface area (Å²) in [7, 11) is 1.36. The molecule has 1 rings (SSSR count). The molecule has 3 nitrogen and oxygen atoms in total. The number of ether oxygens (including phenoxy) is 1. The van der Waals surface area contributed by atoms with Gasteiger partial charge < -0.3 is 9.53 Å². The van der Waals surface area contributed by atoms with Gasteiger partial charge in [-0.2, -0.15) is 0 Å². The van der Waals surface area contributed by atoms with E-state index in [1.165, 1.54) is 13.5 Å². The third-order valence-electron chi connectivity index (χ3n) is 2.82. The minimum Gasteiger partial charge on any atom is -0.469 e. The Bertz CT molecular complexity index is 192. The molecule has 13 heavy (non-hydrogen) atoms. The van der Waals surface area contributed by atoms with Gasteiger partial charge in [-0.05, 0) is 12.8 Å². The average molecular weight is 184 g/mol. The summed E-state index contributed by atoms with van der Waals surface area (Å²) < 4.78 is 4.58. The van der Waals surface area contributed by atoms with E-state index >= 15 is 0 Å². The van der Waals surface area contributed by atoms with E-state index in [0.29, 0.717) is 0 Å². The summed E-state index contributed by atoms with van der Waals surface area (Å²) in [6, 6.07) is 0. The number of rotatable bonds is 3. The number of esters is 1. The van der Waals surface area contributed by atoms with Crippen LogP contribution in [0.2, 0.25) is 0 Å². The predicted octanol–water partition coefficient (Wildman–Crippen LogP) is 1.70. The Balaban J connectivity index is 2.57. The molecule has 0 saturated heterocycles. The molecule has 0 amide bonds. The Morgan fingerprint density at radius 3 is 2.46 bits per heavy atom. The van der Waals surface area contributed by atoms with E-state index in [4.69, 9.17) is 0 Å². The lowest BCUT2D eigenvalue weighted by Gasteiger charge is -2.30. The highest BCUT2D eigenvalue weighted by atomic mass is 16.5. The van der Waals surface area contributed by atoms with Crippen LogP contribution >= 0.6 is 0 Å². The second-order valence-electron chi connectivity index (χ2n) is 3.79. The van der Waals surface area contributed by atoms with E-state index < -0.39 is 5.41 Å². The Morgan fingerprint density at radius 1 is 1.38 bits per heavy atom. The molecule has 1 saturated carbocycles. The molecule has 0 unspecified atom stereocenters. The maximum absolute atomic E-state index is 11.1. The van der Waals surface area contributed by atoms with Gasteiger partial charge in [0.05, 0.1) is 13.5 Å². The fourth-order valence-electron chi connectivity index (χ4n) is 1.95. The summed E-state index contributed by atoms with van der Waals surface area (Å²) in [6.45, 7) is 0. The summed E-state index contributed by atoms with van der Waals surface area (Å²) in [6.07, 6.45) is 6.16. The molecule has 1 aliphatic rings. The van der Waals surface area contributed by atoms with Gasteiger partial charge in [-0.15, -0.1) is 0 Å². The van der Waals surface area contributed by atoms with E-state index in [2.05, 4.69) is 4.74 Å². The lowest BCUT2D eigenvalue weighted by molar-refractivity contribution is -0.146. The third-order valence-corrected chi connectivity index (χ3v) is 2.82. The normalized spacial score (nSPS) is 20.7. The number of hydrogen-bond acceptors (Lipinski definition) is 3. The molecule has 3 heteroatoms. The molecule has 0 radical (unpaired) electrons. The highest BCUT2D eigenvalue weighted by Gasteiger charge is 2.34. The van der Waals surface area contributed by atoms with Gasteiger partial charge >= 0.3 is 5.97 Å². The van der Waals surface area contributed by atoms with Crippen LogP contribution in [-0.2, 0) is 14.3 Å². The van der Waals surface area contributed by atoms with Gasteiger partial charge in [-0.3, -0.25) is 4.79 Å².